The number of hydrazine groups is 1. The van der Waals surface area contributed by atoms with Crippen LogP contribution in [0.3, 0.4) is 0 Å². The molecule has 1 aromatic rings. The van der Waals surface area contributed by atoms with Gasteiger partial charge in [-0.05, 0) is 12.1 Å². The van der Waals surface area contributed by atoms with Crippen molar-refractivity contribution in [1.82, 2.24) is 0 Å². The van der Waals surface area contributed by atoms with Crippen molar-refractivity contribution >= 4 is 17.4 Å². The van der Waals surface area contributed by atoms with Gasteiger partial charge < -0.3 is 16.5 Å². The number of para-hydroxylation sites is 2. The molecule has 2 amide bonds. The maximum atomic E-state index is 10.5. The highest BCUT2D eigenvalue weighted by Crippen LogP contribution is 2.18. The van der Waals surface area contributed by atoms with Crippen molar-refractivity contribution in [2.75, 3.05) is 10.7 Å². The minimum atomic E-state index is -0.613. The Balaban J connectivity index is 2.89. The van der Waals surface area contributed by atoms with Gasteiger partial charge in [-0.15, -0.1) is 0 Å². The molecule has 12 heavy (non-hydrogen) atoms. The Kier molecular flexibility index (Phi) is 2.49. The summed E-state index contributed by atoms with van der Waals surface area (Å²) in [4.78, 5) is 10.5. The zero-order chi connectivity index (χ0) is 8.97. The summed E-state index contributed by atoms with van der Waals surface area (Å²) >= 11 is 0. The van der Waals surface area contributed by atoms with E-state index >= 15 is 0 Å². The largest absolute Gasteiger partial charge is 0.351 e. The molecule has 0 saturated heterocycles. The fourth-order valence-corrected chi connectivity index (χ4v) is 0.851. The third-order valence-electron chi connectivity index (χ3n) is 1.34. The third-order valence-corrected chi connectivity index (χ3v) is 1.34. The molecule has 0 bridgehead atoms. The van der Waals surface area contributed by atoms with Crippen LogP contribution in [-0.2, 0) is 0 Å². The Labute approximate surface area is 69.7 Å². The van der Waals surface area contributed by atoms with Crippen LogP contribution >= 0.6 is 0 Å². The van der Waals surface area contributed by atoms with Crippen LogP contribution in [0.25, 0.3) is 0 Å². The predicted octanol–water partition coefficient (Wildman–Crippen LogP) is 0.463. The molecule has 64 valence electrons. The van der Waals surface area contributed by atoms with Crippen molar-refractivity contribution in [3.05, 3.63) is 24.3 Å². The molecule has 0 heterocycles. The van der Waals surface area contributed by atoms with E-state index in [1.54, 1.807) is 24.3 Å². The topological polar surface area (TPSA) is 93.2 Å². The summed E-state index contributed by atoms with van der Waals surface area (Å²) in [5.74, 6) is 5.18. The first kappa shape index (κ1) is 8.35. The summed E-state index contributed by atoms with van der Waals surface area (Å²) in [6.45, 7) is 0. The number of amides is 2. The SMILES string of the molecule is NNc1ccccc1NC(N)=O. The van der Waals surface area contributed by atoms with E-state index < -0.39 is 6.03 Å². The van der Waals surface area contributed by atoms with E-state index in [9.17, 15) is 4.79 Å². The molecule has 0 unspecified atom stereocenters. The Morgan fingerprint density at radius 1 is 1.25 bits per heavy atom. The van der Waals surface area contributed by atoms with Gasteiger partial charge in [-0.1, -0.05) is 12.1 Å². The van der Waals surface area contributed by atoms with Gasteiger partial charge in [0, 0.05) is 0 Å². The van der Waals surface area contributed by atoms with Crippen LogP contribution in [0.2, 0.25) is 0 Å². The minimum absolute atomic E-state index is 0.563. The molecule has 1 aromatic carbocycles. The Hall–Kier alpha value is -1.75. The van der Waals surface area contributed by atoms with Crippen molar-refractivity contribution in [3.8, 4) is 0 Å². The lowest BCUT2D eigenvalue weighted by atomic mass is 10.3. The maximum Gasteiger partial charge on any atom is 0.316 e. The number of hydrogen-bond donors (Lipinski definition) is 4. The highest BCUT2D eigenvalue weighted by Gasteiger charge is 2.00. The molecule has 0 radical (unpaired) electrons. The Bertz CT molecular complexity index is 286. The quantitative estimate of drug-likeness (QED) is 0.380. The van der Waals surface area contributed by atoms with Gasteiger partial charge in [-0.2, -0.15) is 0 Å². The van der Waals surface area contributed by atoms with Gasteiger partial charge in [0.25, 0.3) is 0 Å². The van der Waals surface area contributed by atoms with E-state index in [-0.39, 0.29) is 0 Å². The molecule has 5 heteroatoms. The Morgan fingerprint density at radius 3 is 2.33 bits per heavy atom. The third kappa shape index (κ3) is 1.86. The van der Waals surface area contributed by atoms with Gasteiger partial charge in [0.05, 0.1) is 11.4 Å². The molecule has 1 rings (SSSR count). The zero-order valence-electron chi connectivity index (χ0n) is 6.37. The van der Waals surface area contributed by atoms with Gasteiger partial charge in [0.2, 0.25) is 0 Å². The number of rotatable bonds is 2. The van der Waals surface area contributed by atoms with Gasteiger partial charge in [-0.3, -0.25) is 5.84 Å². The van der Waals surface area contributed by atoms with Gasteiger partial charge in [0.1, 0.15) is 0 Å². The van der Waals surface area contributed by atoms with Crippen LogP contribution in [0.15, 0.2) is 24.3 Å². The molecule has 0 aliphatic rings. The van der Waals surface area contributed by atoms with Crippen LogP contribution in [-0.4, -0.2) is 6.03 Å². The number of urea groups is 1. The van der Waals surface area contributed by atoms with Crippen molar-refractivity contribution in [3.63, 3.8) is 0 Å². The fraction of sp³-hybridized carbons (Fsp3) is 0. The van der Waals surface area contributed by atoms with Crippen molar-refractivity contribution in [2.24, 2.45) is 11.6 Å². The first-order chi connectivity index (χ1) is 5.74. The molecule has 0 aliphatic carbocycles. The van der Waals surface area contributed by atoms with E-state index in [0.29, 0.717) is 11.4 Å². The van der Waals surface area contributed by atoms with Gasteiger partial charge in [-0.25, -0.2) is 4.79 Å². The monoisotopic (exact) mass is 166 g/mol. The minimum Gasteiger partial charge on any atom is -0.351 e. The van der Waals surface area contributed by atoms with E-state index in [2.05, 4.69) is 10.7 Å². The number of benzene rings is 1. The van der Waals surface area contributed by atoms with E-state index in [1.165, 1.54) is 0 Å². The number of hydrogen-bond acceptors (Lipinski definition) is 3. The average Bonchev–Trinajstić information content (AvgIpc) is 2.04. The highest BCUT2D eigenvalue weighted by molar-refractivity contribution is 5.91. The zero-order valence-corrected chi connectivity index (χ0v) is 6.37. The predicted molar refractivity (Wildman–Crippen MR) is 47.5 cm³/mol. The second-order valence-electron chi connectivity index (χ2n) is 2.18. The lowest BCUT2D eigenvalue weighted by molar-refractivity contribution is 0.259. The van der Waals surface area contributed by atoms with Crippen LogP contribution in [0.1, 0.15) is 0 Å². The Morgan fingerprint density at radius 2 is 1.83 bits per heavy atom. The molecule has 0 atom stereocenters. The maximum absolute atomic E-state index is 10.5. The lowest BCUT2D eigenvalue weighted by Crippen LogP contribution is -2.20. The summed E-state index contributed by atoms with van der Waals surface area (Å²) in [5.41, 5.74) is 8.54. The summed E-state index contributed by atoms with van der Waals surface area (Å²) in [7, 11) is 0. The first-order valence-corrected chi connectivity index (χ1v) is 3.36. The normalized spacial score (nSPS) is 9.08. The van der Waals surface area contributed by atoms with Crippen molar-refractivity contribution < 1.29 is 4.79 Å². The second kappa shape index (κ2) is 3.59. The number of carbonyl (C=O) groups excluding carboxylic acids is 1. The molecule has 6 N–H and O–H groups in total. The molecule has 5 nitrogen and oxygen atoms in total. The van der Waals surface area contributed by atoms with Crippen LogP contribution < -0.4 is 22.3 Å². The number of carbonyl (C=O) groups is 1. The van der Waals surface area contributed by atoms with Crippen LogP contribution in [0, 0.1) is 0 Å². The molecule has 0 aliphatic heterocycles. The number of primary amides is 1. The van der Waals surface area contributed by atoms with Gasteiger partial charge in [0.15, 0.2) is 0 Å². The van der Waals surface area contributed by atoms with E-state index in [1.807, 2.05) is 0 Å². The van der Waals surface area contributed by atoms with Crippen LogP contribution in [0.5, 0.6) is 0 Å². The summed E-state index contributed by atoms with van der Waals surface area (Å²) < 4.78 is 0. The molecule has 0 fully saturated rings. The first-order valence-electron chi connectivity index (χ1n) is 3.36. The van der Waals surface area contributed by atoms with Crippen molar-refractivity contribution in [2.45, 2.75) is 0 Å². The standard InChI is InChI=1S/C7H10N4O/c8-7(12)10-5-3-1-2-4-6(5)11-9/h1-4,11H,9H2,(H3,8,10,12). The molecular formula is C7H10N4O. The molecule has 0 spiro atoms. The summed E-state index contributed by atoms with van der Waals surface area (Å²) in [5, 5.41) is 2.42. The number of nitrogens with two attached hydrogens (primary N) is 2. The average molecular weight is 166 g/mol. The smallest absolute Gasteiger partial charge is 0.316 e. The summed E-state index contributed by atoms with van der Waals surface area (Å²) in [6, 6.07) is 6.37. The summed E-state index contributed by atoms with van der Waals surface area (Å²) in [6.07, 6.45) is 0. The fourth-order valence-electron chi connectivity index (χ4n) is 0.851. The molecular weight excluding hydrogens is 156 g/mol. The highest BCUT2D eigenvalue weighted by atomic mass is 16.2. The van der Waals surface area contributed by atoms with E-state index in [4.69, 9.17) is 11.6 Å². The lowest BCUT2D eigenvalue weighted by Gasteiger charge is -2.07. The second-order valence-corrected chi connectivity index (χ2v) is 2.18. The van der Waals surface area contributed by atoms with Gasteiger partial charge >= 0.3 is 6.03 Å². The van der Waals surface area contributed by atoms with E-state index in [0.717, 1.165) is 0 Å². The van der Waals surface area contributed by atoms with Crippen molar-refractivity contribution in [1.29, 1.82) is 0 Å². The molecule has 0 aromatic heterocycles. The number of nitrogen functional groups attached to an aromatic ring is 1. The molecule has 0 saturated carbocycles. The van der Waals surface area contributed by atoms with Crippen LogP contribution in [0.4, 0.5) is 16.2 Å². The number of nitrogens with one attached hydrogen (secondary N) is 2. The number of anilines is 2.